The molecule has 3 aromatic rings. The van der Waals surface area contributed by atoms with Gasteiger partial charge in [0.2, 0.25) is 7.29 Å². The van der Waals surface area contributed by atoms with Crippen LogP contribution in [0.1, 0.15) is 31.1 Å². The molecule has 0 unspecified atom stereocenters. The van der Waals surface area contributed by atoms with Crippen LogP contribution in [-0.2, 0) is 9.30 Å². The van der Waals surface area contributed by atoms with Crippen LogP contribution in [0.3, 0.4) is 0 Å². The van der Waals surface area contributed by atoms with Gasteiger partial charge in [-0.15, -0.1) is 0 Å². The number of nitrogens with two attached hydrogens (primary N) is 1. The van der Waals surface area contributed by atoms with Gasteiger partial charge >= 0.3 is 5.97 Å². The van der Waals surface area contributed by atoms with Crippen LogP contribution in [0.2, 0.25) is 0 Å². The van der Waals surface area contributed by atoms with Crippen LogP contribution in [0, 0.1) is 0 Å². The number of nitrogen functional groups attached to an aromatic ring is 1. The average molecular weight is 436 g/mol. The minimum absolute atomic E-state index is 0.322. The zero-order valence-corrected chi connectivity index (χ0v) is 18.6. The van der Waals surface area contributed by atoms with E-state index in [1.54, 1.807) is 72.8 Å². The van der Waals surface area contributed by atoms with Crippen molar-refractivity contribution in [1.82, 2.24) is 0 Å². The first-order valence-electron chi connectivity index (χ1n) is 9.52. The molecule has 0 aliphatic heterocycles. The standard InChI is InChI=1S/C12H10N3OP.C11H15NO2/c13-14-15-17(16,11-7-3-1-4-8-11)12-9-5-2-6-10-12;1-11(2,3)14-10(13)8-4-6-9(12)7-5-8/h1-10H;4-7H,12H2,1-3H3. The van der Waals surface area contributed by atoms with Crippen molar-refractivity contribution < 1.29 is 14.1 Å². The van der Waals surface area contributed by atoms with E-state index < -0.39 is 12.9 Å². The molecule has 0 aromatic heterocycles. The maximum Gasteiger partial charge on any atom is 0.338 e. The van der Waals surface area contributed by atoms with Gasteiger partial charge in [-0.3, -0.25) is 0 Å². The molecule has 2 N–H and O–H groups in total. The van der Waals surface area contributed by atoms with E-state index in [0.29, 0.717) is 21.9 Å². The second-order valence-corrected chi connectivity index (χ2v) is 9.91. The van der Waals surface area contributed by atoms with Gasteiger partial charge in [0.1, 0.15) is 5.60 Å². The molecule has 0 saturated heterocycles. The quantitative estimate of drug-likeness (QED) is 0.146. The molecule has 31 heavy (non-hydrogen) atoms. The molecule has 0 aliphatic rings. The lowest BCUT2D eigenvalue weighted by molar-refractivity contribution is 0.00695. The van der Waals surface area contributed by atoms with Crippen molar-refractivity contribution in [3.8, 4) is 0 Å². The van der Waals surface area contributed by atoms with Crippen molar-refractivity contribution >= 4 is 29.6 Å². The van der Waals surface area contributed by atoms with Gasteiger partial charge in [0.15, 0.2) is 0 Å². The Hall–Kier alpha value is -3.53. The summed E-state index contributed by atoms with van der Waals surface area (Å²) in [6.07, 6.45) is 0. The summed E-state index contributed by atoms with van der Waals surface area (Å²) in [5.41, 5.74) is 14.8. The molecule has 3 aromatic carbocycles. The number of carbonyl (C=O) groups is 1. The first-order valence-corrected chi connectivity index (χ1v) is 11.2. The molecule has 0 heterocycles. The highest BCUT2D eigenvalue weighted by atomic mass is 31.2. The van der Waals surface area contributed by atoms with Crippen LogP contribution < -0.4 is 16.3 Å². The van der Waals surface area contributed by atoms with Gasteiger partial charge in [0.05, 0.1) is 5.56 Å². The zero-order chi connectivity index (χ0) is 22.9. The topological polar surface area (TPSA) is 118 Å². The first kappa shape index (κ1) is 23.7. The highest BCUT2D eigenvalue weighted by molar-refractivity contribution is 7.77. The molecule has 0 bridgehead atoms. The Morgan fingerprint density at radius 1 is 0.903 bits per heavy atom. The molecule has 0 fully saturated rings. The third-order valence-corrected chi connectivity index (χ3v) is 6.25. The Kier molecular flexibility index (Phi) is 8.03. The first-order chi connectivity index (χ1) is 14.7. The van der Waals surface area contributed by atoms with Crippen LogP contribution in [0.4, 0.5) is 5.69 Å². The Morgan fingerprint density at radius 3 is 1.74 bits per heavy atom. The van der Waals surface area contributed by atoms with Crippen LogP contribution in [0.15, 0.2) is 89.8 Å². The largest absolute Gasteiger partial charge is 0.456 e. The fourth-order valence-corrected chi connectivity index (χ4v) is 4.29. The van der Waals surface area contributed by atoms with Crippen molar-refractivity contribution in [2.45, 2.75) is 26.4 Å². The van der Waals surface area contributed by atoms with E-state index in [9.17, 15) is 9.36 Å². The Morgan fingerprint density at radius 2 is 1.35 bits per heavy atom. The number of nitrogens with zero attached hydrogens (tertiary/aromatic N) is 3. The Bertz CT molecular complexity index is 1050. The van der Waals surface area contributed by atoms with Crippen LogP contribution in [-0.4, -0.2) is 11.6 Å². The van der Waals surface area contributed by atoms with E-state index in [1.165, 1.54) is 0 Å². The summed E-state index contributed by atoms with van der Waals surface area (Å²) in [6.45, 7) is 5.51. The smallest absolute Gasteiger partial charge is 0.338 e. The van der Waals surface area contributed by atoms with Crippen LogP contribution in [0.5, 0.6) is 0 Å². The van der Waals surface area contributed by atoms with E-state index >= 15 is 0 Å². The summed E-state index contributed by atoms with van der Waals surface area (Å²) in [5.74, 6) is -0.322. The lowest BCUT2D eigenvalue weighted by Gasteiger charge is -2.19. The maximum atomic E-state index is 12.8. The molecule has 0 atom stereocenters. The highest BCUT2D eigenvalue weighted by Gasteiger charge is 2.25. The van der Waals surface area contributed by atoms with Crippen molar-refractivity contribution in [2.75, 3.05) is 5.73 Å². The lowest BCUT2D eigenvalue weighted by atomic mass is 10.1. The fraction of sp³-hybridized carbons (Fsp3) is 0.174. The van der Waals surface area contributed by atoms with Gasteiger partial charge in [-0.05, 0) is 55.5 Å². The molecule has 0 aliphatic carbocycles. The van der Waals surface area contributed by atoms with E-state index in [1.807, 2.05) is 32.9 Å². The number of hydrogen-bond donors (Lipinski definition) is 1. The lowest BCUT2D eigenvalue weighted by Crippen LogP contribution is -2.23. The number of anilines is 1. The molecule has 0 radical (unpaired) electrons. The van der Waals surface area contributed by atoms with Crippen molar-refractivity contribution in [3.05, 3.63) is 101 Å². The number of benzene rings is 3. The monoisotopic (exact) mass is 436 g/mol. The summed E-state index contributed by atoms with van der Waals surface area (Å²) >= 11 is 0. The predicted molar refractivity (Wildman–Crippen MR) is 125 cm³/mol. The minimum Gasteiger partial charge on any atom is -0.456 e. The Labute approximate surface area is 181 Å². The zero-order valence-electron chi connectivity index (χ0n) is 17.7. The third kappa shape index (κ3) is 7.03. The second-order valence-electron chi connectivity index (χ2n) is 7.55. The summed E-state index contributed by atoms with van der Waals surface area (Å²) in [6, 6.07) is 24.3. The highest BCUT2D eigenvalue weighted by Crippen LogP contribution is 2.44. The molecule has 3 rings (SSSR count). The number of esters is 1. The van der Waals surface area contributed by atoms with Crippen LogP contribution >= 0.6 is 7.29 Å². The Balaban J connectivity index is 0.000000225. The SMILES string of the molecule is CC(C)(C)OC(=O)c1ccc(N)cc1.[N-]=[N+]=NP(=O)(c1ccccc1)c1ccccc1. The maximum absolute atomic E-state index is 12.8. The summed E-state index contributed by atoms with van der Waals surface area (Å²) < 4.78 is 18.0. The number of carbonyl (C=O) groups excluding carboxylic acids is 1. The van der Waals surface area contributed by atoms with Gasteiger partial charge < -0.3 is 15.0 Å². The molecular formula is C23H25N4O3P. The molecule has 0 saturated carbocycles. The number of azide groups is 1. The number of hydrogen-bond acceptors (Lipinski definition) is 4. The normalized spacial score (nSPS) is 10.8. The minimum atomic E-state index is -3.22. The number of rotatable bonds is 4. The van der Waals surface area contributed by atoms with Crippen molar-refractivity contribution in [1.29, 1.82) is 0 Å². The van der Waals surface area contributed by atoms with Crippen molar-refractivity contribution in [3.63, 3.8) is 0 Å². The summed E-state index contributed by atoms with van der Waals surface area (Å²) in [7, 11) is -3.22. The molecule has 7 nitrogen and oxygen atoms in total. The molecule has 8 heteroatoms. The third-order valence-electron chi connectivity index (χ3n) is 3.92. The second kappa shape index (κ2) is 10.5. The molecule has 0 spiro atoms. The molecule has 160 valence electrons. The summed E-state index contributed by atoms with van der Waals surface area (Å²) in [5, 5.41) is 1.09. The van der Waals surface area contributed by atoms with Gasteiger partial charge in [-0.2, -0.15) is 0 Å². The molecular weight excluding hydrogens is 411 g/mol. The fourth-order valence-electron chi connectivity index (χ4n) is 2.53. The van der Waals surface area contributed by atoms with Crippen molar-refractivity contribution in [2.24, 2.45) is 4.88 Å². The van der Waals surface area contributed by atoms with E-state index in [0.717, 1.165) is 0 Å². The summed E-state index contributed by atoms with van der Waals surface area (Å²) in [4.78, 5) is 17.8. The molecule has 0 amide bonds. The van der Waals surface area contributed by atoms with E-state index in [-0.39, 0.29) is 5.97 Å². The van der Waals surface area contributed by atoms with Gasteiger partial charge in [0, 0.05) is 21.2 Å². The predicted octanol–water partition coefficient (Wildman–Crippen LogP) is 5.45. The number of ether oxygens (including phenoxy) is 1. The van der Waals surface area contributed by atoms with Gasteiger partial charge in [-0.25, -0.2) is 4.79 Å². The van der Waals surface area contributed by atoms with E-state index in [2.05, 4.69) is 9.80 Å². The average Bonchev–Trinajstić information content (AvgIpc) is 2.75. The van der Waals surface area contributed by atoms with E-state index in [4.69, 9.17) is 16.0 Å². The van der Waals surface area contributed by atoms with Crippen LogP contribution in [0.25, 0.3) is 10.4 Å². The van der Waals surface area contributed by atoms with Gasteiger partial charge in [-0.1, -0.05) is 60.7 Å². The van der Waals surface area contributed by atoms with Gasteiger partial charge in [0.25, 0.3) is 0 Å².